The Hall–Kier alpha value is -4.08. The Morgan fingerprint density at radius 3 is 2.32 bits per heavy atom. The number of benzene rings is 3. The summed E-state index contributed by atoms with van der Waals surface area (Å²) in [5.74, 6) is -1.50. The highest BCUT2D eigenvalue weighted by molar-refractivity contribution is 6.44. The molecule has 0 aliphatic heterocycles. The van der Waals surface area contributed by atoms with Crippen molar-refractivity contribution >= 4 is 58.5 Å². The lowest BCUT2D eigenvalue weighted by Crippen LogP contribution is -2.32. The summed E-state index contributed by atoms with van der Waals surface area (Å²) >= 11 is 12.1. The van der Waals surface area contributed by atoms with E-state index in [0.717, 1.165) is 11.1 Å². The normalized spacial score (nSPS) is 10.7. The van der Waals surface area contributed by atoms with Crippen LogP contribution in [-0.2, 0) is 14.4 Å². The molecular weight excluding hydrogens is 531 g/mol. The number of ether oxygens (including phenoxy) is 2. The number of rotatable bonds is 9. The number of carbonyl (C=O) groups is 3. The van der Waals surface area contributed by atoms with Gasteiger partial charge in [0.15, 0.2) is 18.1 Å². The third kappa shape index (κ3) is 7.71. The zero-order valence-corrected chi connectivity index (χ0v) is 22.4. The Balaban J connectivity index is 1.59. The van der Waals surface area contributed by atoms with Gasteiger partial charge in [-0.05, 0) is 67.8 Å². The van der Waals surface area contributed by atoms with Crippen LogP contribution in [0.4, 0.5) is 11.4 Å². The van der Waals surface area contributed by atoms with E-state index >= 15 is 0 Å². The van der Waals surface area contributed by atoms with Gasteiger partial charge in [0, 0.05) is 5.69 Å². The van der Waals surface area contributed by atoms with Gasteiger partial charge in [0.05, 0.1) is 28.6 Å². The molecule has 38 heavy (non-hydrogen) atoms. The fraction of sp³-hybridized carbons (Fsp3) is 0.185. The smallest absolute Gasteiger partial charge is 0.329 e. The zero-order valence-electron chi connectivity index (χ0n) is 20.9. The second-order valence-electron chi connectivity index (χ2n) is 8.00. The minimum Gasteiger partial charge on any atom is -0.490 e. The minimum atomic E-state index is -0.917. The van der Waals surface area contributed by atoms with Crippen LogP contribution in [0.5, 0.6) is 11.5 Å². The van der Waals surface area contributed by atoms with Crippen LogP contribution in [0.2, 0.25) is 10.0 Å². The summed E-state index contributed by atoms with van der Waals surface area (Å²) in [7, 11) is 0. The molecule has 0 saturated heterocycles. The summed E-state index contributed by atoms with van der Waals surface area (Å²) in [6, 6.07) is 15.3. The van der Waals surface area contributed by atoms with Gasteiger partial charge >= 0.3 is 11.8 Å². The van der Waals surface area contributed by atoms with Gasteiger partial charge in [0.2, 0.25) is 0 Å². The zero-order chi connectivity index (χ0) is 27.7. The number of aryl methyl sites for hydroxylation is 2. The van der Waals surface area contributed by atoms with Gasteiger partial charge in [-0.2, -0.15) is 5.10 Å². The number of para-hydroxylation sites is 1. The molecule has 0 atom stereocenters. The molecule has 0 bridgehead atoms. The Labute approximate surface area is 230 Å². The van der Waals surface area contributed by atoms with Gasteiger partial charge in [-0.1, -0.05) is 47.5 Å². The largest absolute Gasteiger partial charge is 0.490 e. The Kier molecular flexibility index (Phi) is 10.1. The first-order valence-electron chi connectivity index (χ1n) is 11.5. The van der Waals surface area contributed by atoms with Crippen LogP contribution in [0.3, 0.4) is 0 Å². The van der Waals surface area contributed by atoms with Gasteiger partial charge in [-0.3, -0.25) is 14.4 Å². The van der Waals surface area contributed by atoms with E-state index in [-0.39, 0.29) is 11.6 Å². The van der Waals surface area contributed by atoms with E-state index in [1.54, 1.807) is 43.3 Å². The van der Waals surface area contributed by atoms with Gasteiger partial charge in [0.25, 0.3) is 5.91 Å². The molecule has 0 fully saturated rings. The van der Waals surface area contributed by atoms with Crippen molar-refractivity contribution in [1.82, 2.24) is 5.43 Å². The molecule has 0 radical (unpaired) electrons. The summed E-state index contributed by atoms with van der Waals surface area (Å²) in [6.07, 6.45) is 1.35. The standard InChI is InChI=1S/C27H26Cl2N4O5/c1-4-37-22-13-18(14-30-33-27(36)26(35)32-25-16(2)7-5-8-17(25)3)11-12-21(22)38-15-23(34)31-20-10-6-9-19(28)24(20)29/h5-14H,4,15H2,1-3H3,(H,31,34)(H,32,35)(H,33,36)/b30-14-. The Bertz CT molecular complexity index is 1360. The van der Waals surface area contributed by atoms with E-state index in [4.69, 9.17) is 32.7 Å². The fourth-order valence-electron chi connectivity index (χ4n) is 3.32. The molecule has 0 spiro atoms. The molecule has 3 aromatic carbocycles. The number of anilines is 2. The van der Waals surface area contributed by atoms with Crippen molar-refractivity contribution in [2.45, 2.75) is 20.8 Å². The van der Waals surface area contributed by atoms with Crippen LogP contribution < -0.4 is 25.5 Å². The third-order valence-electron chi connectivity index (χ3n) is 5.16. The van der Waals surface area contributed by atoms with Gasteiger partial charge in [-0.15, -0.1) is 0 Å². The van der Waals surface area contributed by atoms with Gasteiger partial charge < -0.3 is 20.1 Å². The quantitative estimate of drug-likeness (QED) is 0.192. The lowest BCUT2D eigenvalue weighted by atomic mass is 10.1. The molecule has 3 aromatic rings. The molecule has 198 valence electrons. The maximum Gasteiger partial charge on any atom is 0.329 e. The highest BCUT2D eigenvalue weighted by Gasteiger charge is 2.15. The first-order valence-corrected chi connectivity index (χ1v) is 12.3. The second-order valence-corrected chi connectivity index (χ2v) is 8.78. The molecule has 0 aliphatic carbocycles. The molecule has 0 saturated carbocycles. The van der Waals surface area contributed by atoms with E-state index in [9.17, 15) is 14.4 Å². The maximum absolute atomic E-state index is 12.3. The highest BCUT2D eigenvalue weighted by atomic mass is 35.5. The van der Waals surface area contributed by atoms with E-state index in [2.05, 4.69) is 21.2 Å². The van der Waals surface area contributed by atoms with Crippen molar-refractivity contribution in [3.63, 3.8) is 0 Å². The Morgan fingerprint density at radius 1 is 0.895 bits per heavy atom. The minimum absolute atomic E-state index is 0.232. The van der Waals surface area contributed by atoms with Crippen LogP contribution in [-0.4, -0.2) is 37.1 Å². The molecule has 9 nitrogen and oxygen atoms in total. The van der Waals surface area contributed by atoms with Crippen molar-refractivity contribution < 1.29 is 23.9 Å². The van der Waals surface area contributed by atoms with Crippen LogP contribution in [0.15, 0.2) is 59.7 Å². The maximum atomic E-state index is 12.3. The first kappa shape index (κ1) is 28.5. The monoisotopic (exact) mass is 556 g/mol. The molecule has 0 aliphatic rings. The third-order valence-corrected chi connectivity index (χ3v) is 5.98. The molecule has 0 aromatic heterocycles. The van der Waals surface area contributed by atoms with Crippen LogP contribution in [0.1, 0.15) is 23.6 Å². The molecular formula is C27H26Cl2N4O5. The van der Waals surface area contributed by atoms with Crippen LogP contribution in [0.25, 0.3) is 0 Å². The van der Waals surface area contributed by atoms with Crippen molar-refractivity contribution in [3.8, 4) is 11.5 Å². The number of halogens is 2. The molecule has 3 rings (SSSR count). The number of hydrazone groups is 1. The summed E-state index contributed by atoms with van der Waals surface area (Å²) in [5, 5.41) is 9.63. The van der Waals surface area contributed by atoms with Gasteiger partial charge in [0.1, 0.15) is 0 Å². The lowest BCUT2D eigenvalue weighted by molar-refractivity contribution is -0.136. The van der Waals surface area contributed by atoms with E-state index in [1.165, 1.54) is 6.21 Å². The van der Waals surface area contributed by atoms with Gasteiger partial charge in [-0.25, -0.2) is 5.43 Å². The summed E-state index contributed by atoms with van der Waals surface area (Å²) in [5.41, 5.74) is 5.39. The van der Waals surface area contributed by atoms with Crippen LogP contribution in [0, 0.1) is 13.8 Å². The molecule has 3 amide bonds. The van der Waals surface area contributed by atoms with Crippen LogP contribution >= 0.6 is 23.2 Å². The summed E-state index contributed by atoms with van der Waals surface area (Å²) in [6.45, 7) is 5.51. The number of hydrogen-bond acceptors (Lipinski definition) is 6. The number of nitrogens with one attached hydrogen (secondary N) is 3. The molecule has 0 heterocycles. The number of amides is 3. The predicted molar refractivity (Wildman–Crippen MR) is 148 cm³/mol. The summed E-state index contributed by atoms with van der Waals surface area (Å²) in [4.78, 5) is 36.7. The second kappa shape index (κ2) is 13.5. The molecule has 3 N–H and O–H groups in total. The number of nitrogens with zero attached hydrogens (tertiary/aromatic N) is 1. The summed E-state index contributed by atoms with van der Waals surface area (Å²) < 4.78 is 11.2. The average Bonchev–Trinajstić information content (AvgIpc) is 2.88. The highest BCUT2D eigenvalue weighted by Crippen LogP contribution is 2.30. The SMILES string of the molecule is CCOc1cc(/C=N\NC(=O)C(=O)Nc2c(C)cccc2C)ccc1OCC(=O)Nc1cccc(Cl)c1Cl. The Morgan fingerprint density at radius 2 is 1.61 bits per heavy atom. The van der Waals surface area contributed by atoms with Crippen molar-refractivity contribution in [1.29, 1.82) is 0 Å². The van der Waals surface area contributed by atoms with Crippen molar-refractivity contribution in [2.24, 2.45) is 5.10 Å². The van der Waals surface area contributed by atoms with Crippen molar-refractivity contribution in [3.05, 3.63) is 81.3 Å². The first-order chi connectivity index (χ1) is 18.2. The number of carbonyl (C=O) groups excluding carboxylic acids is 3. The fourth-order valence-corrected chi connectivity index (χ4v) is 3.67. The number of hydrogen-bond donors (Lipinski definition) is 3. The van der Waals surface area contributed by atoms with E-state index in [0.29, 0.717) is 40.1 Å². The average molecular weight is 557 g/mol. The molecule has 0 unspecified atom stereocenters. The van der Waals surface area contributed by atoms with E-state index in [1.807, 2.05) is 32.0 Å². The van der Waals surface area contributed by atoms with Crippen molar-refractivity contribution in [2.75, 3.05) is 23.8 Å². The molecule has 11 heteroatoms. The lowest BCUT2D eigenvalue weighted by Gasteiger charge is -2.13. The van der Waals surface area contributed by atoms with E-state index < -0.39 is 17.7 Å². The topological polar surface area (TPSA) is 118 Å². The predicted octanol–water partition coefficient (Wildman–Crippen LogP) is 5.12.